The minimum Gasteiger partial charge on any atom is -0.298 e. The van der Waals surface area contributed by atoms with E-state index >= 15 is 0 Å². The van der Waals surface area contributed by atoms with Gasteiger partial charge >= 0.3 is 0 Å². The molecule has 0 aliphatic heterocycles. The zero-order valence-corrected chi connectivity index (χ0v) is 11.1. The molecule has 0 saturated carbocycles. The van der Waals surface area contributed by atoms with Crippen molar-refractivity contribution >= 4 is 17.1 Å². The number of carbonyl (C=O) groups excluding carboxylic acids is 1. The number of hydrogen-bond acceptors (Lipinski definition) is 3. The number of halogens is 1. The second-order valence-corrected chi connectivity index (χ2v) is 5.64. The second-order valence-electron chi connectivity index (χ2n) is 4.66. The molecule has 2 nitrogen and oxygen atoms in total. The van der Waals surface area contributed by atoms with Crippen LogP contribution >= 0.6 is 11.3 Å². The molecule has 0 radical (unpaired) electrons. The summed E-state index contributed by atoms with van der Waals surface area (Å²) in [7, 11) is 0. The van der Waals surface area contributed by atoms with Crippen LogP contribution in [0.3, 0.4) is 0 Å². The molecule has 0 unspecified atom stereocenters. The molecule has 2 aromatic rings. The van der Waals surface area contributed by atoms with Crippen molar-refractivity contribution in [2.45, 2.75) is 25.7 Å². The van der Waals surface area contributed by atoms with Crippen molar-refractivity contribution in [3.8, 4) is 0 Å². The van der Waals surface area contributed by atoms with Gasteiger partial charge in [-0.2, -0.15) is 0 Å². The predicted octanol–water partition coefficient (Wildman–Crippen LogP) is 3.37. The third kappa shape index (κ3) is 2.64. The topological polar surface area (TPSA) is 30.0 Å². The maximum Gasteiger partial charge on any atom is 0.149 e. The summed E-state index contributed by atoms with van der Waals surface area (Å²) in [6.07, 6.45) is 2.01. The van der Waals surface area contributed by atoms with Crippen molar-refractivity contribution in [2.75, 3.05) is 0 Å². The lowest BCUT2D eigenvalue weighted by Gasteiger charge is -2.23. The summed E-state index contributed by atoms with van der Waals surface area (Å²) in [6.45, 7) is 3.71. The standard InChI is InChI=1S/C14H14FNOS/c1-14(2,10-3-5-11(15)6-4-10)12(17)9-13-16-7-8-18-13/h3-8H,9H2,1-2H3. The predicted molar refractivity (Wildman–Crippen MR) is 70.3 cm³/mol. The zero-order valence-electron chi connectivity index (χ0n) is 10.3. The zero-order chi connectivity index (χ0) is 13.2. The fourth-order valence-electron chi connectivity index (χ4n) is 1.73. The summed E-state index contributed by atoms with van der Waals surface area (Å²) >= 11 is 1.47. The van der Waals surface area contributed by atoms with Gasteiger partial charge in [-0.05, 0) is 31.5 Å². The summed E-state index contributed by atoms with van der Waals surface area (Å²) in [5.41, 5.74) is 0.199. The maximum absolute atomic E-state index is 12.9. The Morgan fingerprint density at radius 2 is 2.00 bits per heavy atom. The molecule has 0 N–H and O–H groups in total. The molecule has 0 aliphatic carbocycles. The van der Waals surface area contributed by atoms with E-state index < -0.39 is 5.41 Å². The van der Waals surface area contributed by atoms with E-state index in [1.165, 1.54) is 23.5 Å². The number of rotatable bonds is 4. The van der Waals surface area contributed by atoms with E-state index in [1.807, 2.05) is 19.2 Å². The fourth-order valence-corrected chi connectivity index (χ4v) is 2.34. The highest BCUT2D eigenvalue weighted by molar-refractivity contribution is 7.09. The smallest absolute Gasteiger partial charge is 0.149 e. The highest BCUT2D eigenvalue weighted by atomic mass is 32.1. The van der Waals surface area contributed by atoms with Crippen molar-refractivity contribution in [3.05, 3.63) is 52.2 Å². The molecule has 0 aliphatic rings. The molecule has 2 rings (SSSR count). The van der Waals surface area contributed by atoms with Gasteiger partial charge in [-0.3, -0.25) is 4.79 Å². The van der Waals surface area contributed by atoms with Gasteiger partial charge in [-0.1, -0.05) is 12.1 Å². The summed E-state index contributed by atoms with van der Waals surface area (Å²) in [5, 5.41) is 2.67. The lowest BCUT2D eigenvalue weighted by atomic mass is 9.79. The first-order valence-electron chi connectivity index (χ1n) is 5.68. The van der Waals surface area contributed by atoms with E-state index in [4.69, 9.17) is 0 Å². The minimum absolute atomic E-state index is 0.0871. The van der Waals surface area contributed by atoms with Crippen molar-refractivity contribution < 1.29 is 9.18 Å². The highest BCUT2D eigenvalue weighted by Crippen LogP contribution is 2.26. The van der Waals surface area contributed by atoms with Gasteiger partial charge in [0.2, 0.25) is 0 Å². The fraction of sp³-hybridized carbons (Fsp3) is 0.286. The Balaban J connectivity index is 2.19. The first-order chi connectivity index (χ1) is 8.50. The van der Waals surface area contributed by atoms with Gasteiger partial charge in [-0.25, -0.2) is 9.37 Å². The molecule has 18 heavy (non-hydrogen) atoms. The summed E-state index contributed by atoms with van der Waals surface area (Å²) in [5.74, 6) is -0.203. The minimum atomic E-state index is -0.626. The van der Waals surface area contributed by atoms with Gasteiger partial charge in [0.15, 0.2) is 0 Å². The Bertz CT molecular complexity index is 531. The van der Waals surface area contributed by atoms with Crippen LogP contribution < -0.4 is 0 Å². The summed E-state index contributed by atoms with van der Waals surface area (Å²) in [6, 6.07) is 6.09. The Labute approximate surface area is 110 Å². The van der Waals surface area contributed by atoms with Gasteiger partial charge in [0, 0.05) is 17.0 Å². The first-order valence-corrected chi connectivity index (χ1v) is 6.56. The van der Waals surface area contributed by atoms with Crippen LogP contribution in [-0.2, 0) is 16.6 Å². The van der Waals surface area contributed by atoms with Crippen LogP contribution in [0.4, 0.5) is 4.39 Å². The molecule has 94 valence electrons. The molecular formula is C14H14FNOS. The van der Waals surface area contributed by atoms with Crippen LogP contribution in [0, 0.1) is 5.82 Å². The SMILES string of the molecule is CC(C)(C(=O)Cc1nccs1)c1ccc(F)cc1. The van der Waals surface area contributed by atoms with Gasteiger partial charge < -0.3 is 0 Å². The van der Waals surface area contributed by atoms with Gasteiger partial charge in [-0.15, -0.1) is 11.3 Å². The average molecular weight is 263 g/mol. The van der Waals surface area contributed by atoms with E-state index in [2.05, 4.69) is 4.98 Å². The summed E-state index contributed by atoms with van der Waals surface area (Å²) < 4.78 is 12.9. The van der Waals surface area contributed by atoms with Crippen LogP contribution in [0.1, 0.15) is 24.4 Å². The molecule has 0 spiro atoms. The normalized spacial score (nSPS) is 11.5. The molecule has 4 heteroatoms. The van der Waals surface area contributed by atoms with Crippen molar-refractivity contribution in [1.82, 2.24) is 4.98 Å². The molecule has 1 aromatic heterocycles. The lowest BCUT2D eigenvalue weighted by molar-refractivity contribution is -0.122. The number of ketones is 1. The quantitative estimate of drug-likeness (QED) is 0.846. The Hall–Kier alpha value is -1.55. The second kappa shape index (κ2) is 4.98. The molecule has 0 fully saturated rings. The van der Waals surface area contributed by atoms with Crippen LogP contribution in [0.2, 0.25) is 0 Å². The monoisotopic (exact) mass is 263 g/mol. The van der Waals surface area contributed by atoms with Crippen molar-refractivity contribution in [3.63, 3.8) is 0 Å². The van der Waals surface area contributed by atoms with Crippen LogP contribution in [0.15, 0.2) is 35.8 Å². The molecule has 0 amide bonds. The Morgan fingerprint density at radius 3 is 2.56 bits per heavy atom. The third-order valence-corrected chi connectivity index (χ3v) is 3.84. The first kappa shape index (κ1) is 12.9. The van der Waals surface area contributed by atoms with E-state index in [0.29, 0.717) is 6.42 Å². The van der Waals surface area contributed by atoms with E-state index in [-0.39, 0.29) is 11.6 Å². The van der Waals surface area contributed by atoms with Crippen LogP contribution in [0.25, 0.3) is 0 Å². The van der Waals surface area contributed by atoms with Crippen molar-refractivity contribution in [2.24, 2.45) is 0 Å². The number of benzene rings is 1. The van der Waals surface area contributed by atoms with Crippen LogP contribution in [-0.4, -0.2) is 10.8 Å². The van der Waals surface area contributed by atoms with Crippen LogP contribution in [0.5, 0.6) is 0 Å². The largest absolute Gasteiger partial charge is 0.298 e. The van der Waals surface area contributed by atoms with Gasteiger partial charge in [0.05, 0.1) is 11.4 Å². The molecule has 0 bridgehead atoms. The molecule has 1 aromatic carbocycles. The number of Topliss-reactive ketones (excluding diaryl/α,β-unsaturated/α-hetero) is 1. The Kier molecular flexibility index (Phi) is 3.57. The van der Waals surface area contributed by atoms with E-state index in [0.717, 1.165) is 10.6 Å². The summed E-state index contributed by atoms with van der Waals surface area (Å²) in [4.78, 5) is 16.4. The average Bonchev–Trinajstić information content (AvgIpc) is 2.82. The highest BCUT2D eigenvalue weighted by Gasteiger charge is 2.29. The number of carbonyl (C=O) groups is 1. The number of hydrogen-bond donors (Lipinski definition) is 0. The number of thiazole rings is 1. The van der Waals surface area contributed by atoms with Crippen molar-refractivity contribution in [1.29, 1.82) is 0 Å². The third-order valence-electron chi connectivity index (χ3n) is 3.06. The molecule has 0 atom stereocenters. The number of nitrogens with zero attached hydrogens (tertiary/aromatic N) is 1. The maximum atomic E-state index is 12.9. The van der Waals surface area contributed by atoms with E-state index in [1.54, 1.807) is 18.3 Å². The molecule has 1 heterocycles. The van der Waals surface area contributed by atoms with E-state index in [9.17, 15) is 9.18 Å². The lowest BCUT2D eigenvalue weighted by Crippen LogP contribution is -2.30. The number of aromatic nitrogens is 1. The Morgan fingerprint density at radius 1 is 1.33 bits per heavy atom. The van der Waals surface area contributed by atoms with Gasteiger partial charge in [0.25, 0.3) is 0 Å². The molecular weight excluding hydrogens is 249 g/mol. The van der Waals surface area contributed by atoms with Gasteiger partial charge in [0.1, 0.15) is 11.6 Å². The molecule has 0 saturated heterocycles.